The van der Waals surface area contributed by atoms with E-state index in [1.165, 1.54) is 23.5 Å². The summed E-state index contributed by atoms with van der Waals surface area (Å²) in [5, 5.41) is 0. The number of rotatable bonds is 3. The second kappa shape index (κ2) is 7.81. The molecule has 0 aliphatic carbocycles. The number of ether oxygens (including phenoxy) is 1. The van der Waals surface area contributed by atoms with Crippen LogP contribution in [0.4, 0.5) is 0 Å². The van der Waals surface area contributed by atoms with Crippen molar-refractivity contribution in [3.8, 4) is 0 Å². The maximum absolute atomic E-state index is 12.1. The summed E-state index contributed by atoms with van der Waals surface area (Å²) in [5.74, 6) is 0.132. The molecule has 120 valence electrons. The minimum atomic E-state index is -0.236. The summed E-state index contributed by atoms with van der Waals surface area (Å²) in [6.07, 6.45) is 1.83. The van der Waals surface area contributed by atoms with Gasteiger partial charge in [-0.25, -0.2) is 0 Å². The highest BCUT2D eigenvalue weighted by molar-refractivity contribution is 8.41. The SMILES string of the molecule is O=C1N=C(SCC(=O)N2CCOCC2)SC1=Cc1ccccc1. The van der Waals surface area contributed by atoms with Gasteiger partial charge in [0.2, 0.25) is 5.91 Å². The molecule has 0 bridgehead atoms. The van der Waals surface area contributed by atoms with Crippen LogP contribution in [0.5, 0.6) is 0 Å². The van der Waals surface area contributed by atoms with Crippen LogP contribution in [-0.2, 0) is 14.3 Å². The van der Waals surface area contributed by atoms with E-state index in [0.717, 1.165) is 5.56 Å². The Hall–Kier alpha value is -1.57. The van der Waals surface area contributed by atoms with Crippen molar-refractivity contribution in [1.29, 1.82) is 0 Å². The summed E-state index contributed by atoms with van der Waals surface area (Å²) in [5.41, 5.74) is 0.967. The van der Waals surface area contributed by atoms with Crippen molar-refractivity contribution in [3.63, 3.8) is 0 Å². The number of hydrogen-bond acceptors (Lipinski definition) is 5. The molecule has 2 heterocycles. The fourth-order valence-electron chi connectivity index (χ4n) is 2.18. The molecule has 2 aliphatic rings. The van der Waals surface area contributed by atoms with Crippen molar-refractivity contribution in [2.24, 2.45) is 4.99 Å². The van der Waals surface area contributed by atoms with Crippen LogP contribution in [0.15, 0.2) is 40.2 Å². The molecule has 1 aromatic rings. The molecule has 0 saturated carbocycles. The molecule has 1 fully saturated rings. The van der Waals surface area contributed by atoms with Crippen LogP contribution in [0, 0.1) is 0 Å². The standard InChI is InChI=1S/C16H16N2O3S2/c19-14(18-6-8-21-9-7-18)11-22-16-17-15(20)13(23-16)10-12-4-2-1-3-5-12/h1-5,10H,6-9,11H2. The van der Waals surface area contributed by atoms with E-state index < -0.39 is 0 Å². The van der Waals surface area contributed by atoms with Gasteiger partial charge in [-0.3, -0.25) is 9.59 Å². The van der Waals surface area contributed by atoms with Gasteiger partial charge in [-0.1, -0.05) is 53.9 Å². The molecule has 23 heavy (non-hydrogen) atoms. The Balaban J connectivity index is 1.54. The Bertz CT molecular complexity index is 653. The van der Waals surface area contributed by atoms with Crippen LogP contribution in [-0.4, -0.2) is 53.1 Å². The van der Waals surface area contributed by atoms with Gasteiger partial charge in [0.1, 0.15) is 4.38 Å². The van der Waals surface area contributed by atoms with Crippen molar-refractivity contribution in [2.45, 2.75) is 0 Å². The van der Waals surface area contributed by atoms with Gasteiger partial charge < -0.3 is 9.64 Å². The first-order chi connectivity index (χ1) is 11.2. The van der Waals surface area contributed by atoms with E-state index in [1.54, 1.807) is 4.90 Å². The summed E-state index contributed by atoms with van der Waals surface area (Å²) in [6.45, 7) is 2.46. The number of nitrogens with zero attached hydrogens (tertiary/aromatic N) is 2. The summed E-state index contributed by atoms with van der Waals surface area (Å²) >= 11 is 2.65. The summed E-state index contributed by atoms with van der Waals surface area (Å²) in [4.78, 5) is 30.4. The molecule has 5 nitrogen and oxygen atoms in total. The molecule has 1 aromatic carbocycles. The molecule has 0 unspecified atom stereocenters. The van der Waals surface area contributed by atoms with Crippen molar-refractivity contribution in [1.82, 2.24) is 4.90 Å². The summed E-state index contributed by atoms with van der Waals surface area (Å²) < 4.78 is 5.87. The maximum atomic E-state index is 12.1. The van der Waals surface area contributed by atoms with E-state index in [2.05, 4.69) is 4.99 Å². The first kappa shape index (κ1) is 16.3. The first-order valence-corrected chi connectivity index (χ1v) is 9.08. The quantitative estimate of drug-likeness (QED) is 0.784. The van der Waals surface area contributed by atoms with E-state index in [4.69, 9.17) is 4.74 Å². The molecule has 2 aliphatic heterocycles. The minimum Gasteiger partial charge on any atom is -0.378 e. The van der Waals surface area contributed by atoms with Crippen molar-refractivity contribution in [3.05, 3.63) is 40.8 Å². The molecule has 3 rings (SSSR count). The predicted molar refractivity (Wildman–Crippen MR) is 94.3 cm³/mol. The van der Waals surface area contributed by atoms with E-state index in [-0.39, 0.29) is 11.8 Å². The van der Waals surface area contributed by atoms with Crippen LogP contribution in [0.25, 0.3) is 6.08 Å². The van der Waals surface area contributed by atoms with Gasteiger partial charge in [0.25, 0.3) is 5.91 Å². The van der Waals surface area contributed by atoms with Gasteiger partial charge in [0, 0.05) is 13.1 Å². The largest absolute Gasteiger partial charge is 0.378 e. The van der Waals surface area contributed by atoms with Crippen LogP contribution >= 0.6 is 23.5 Å². The molecule has 7 heteroatoms. The summed E-state index contributed by atoms with van der Waals surface area (Å²) in [7, 11) is 0. The molecule has 0 spiro atoms. The lowest BCUT2D eigenvalue weighted by atomic mass is 10.2. The van der Waals surface area contributed by atoms with Crippen molar-refractivity contribution < 1.29 is 14.3 Å². The third-order valence-corrected chi connectivity index (χ3v) is 5.49. The number of benzene rings is 1. The zero-order valence-electron chi connectivity index (χ0n) is 12.4. The monoisotopic (exact) mass is 348 g/mol. The number of aliphatic imine (C=N–C) groups is 1. The molecule has 0 N–H and O–H groups in total. The smallest absolute Gasteiger partial charge is 0.285 e. The van der Waals surface area contributed by atoms with Crippen molar-refractivity contribution in [2.75, 3.05) is 32.1 Å². The third kappa shape index (κ3) is 4.46. The highest BCUT2D eigenvalue weighted by Gasteiger charge is 2.24. The van der Waals surface area contributed by atoms with Gasteiger partial charge in [-0.15, -0.1) is 0 Å². The zero-order valence-corrected chi connectivity index (χ0v) is 14.1. The lowest BCUT2D eigenvalue weighted by molar-refractivity contribution is -0.132. The highest BCUT2D eigenvalue weighted by atomic mass is 32.2. The van der Waals surface area contributed by atoms with Gasteiger partial charge in [0.15, 0.2) is 0 Å². The van der Waals surface area contributed by atoms with Gasteiger partial charge in [0.05, 0.1) is 23.9 Å². The Morgan fingerprint density at radius 2 is 2.04 bits per heavy atom. The van der Waals surface area contributed by atoms with Crippen LogP contribution in [0.1, 0.15) is 5.56 Å². The average Bonchev–Trinajstić information content (AvgIpc) is 2.94. The Labute approximate surface area is 143 Å². The van der Waals surface area contributed by atoms with Crippen LogP contribution < -0.4 is 0 Å². The van der Waals surface area contributed by atoms with Crippen molar-refractivity contribution >= 4 is 45.8 Å². The fourth-order valence-corrected chi connectivity index (χ4v) is 4.08. The molecule has 2 amide bonds. The second-order valence-electron chi connectivity index (χ2n) is 4.99. The average molecular weight is 348 g/mol. The molecule has 0 atom stereocenters. The molecule has 0 aromatic heterocycles. The van der Waals surface area contributed by atoms with Gasteiger partial charge in [-0.05, 0) is 11.6 Å². The fraction of sp³-hybridized carbons (Fsp3) is 0.312. The van der Waals surface area contributed by atoms with E-state index >= 15 is 0 Å². The molecule has 1 saturated heterocycles. The number of hydrogen-bond donors (Lipinski definition) is 0. The normalized spacial score (nSPS) is 20.0. The Morgan fingerprint density at radius 1 is 1.30 bits per heavy atom. The molecule has 0 radical (unpaired) electrons. The van der Waals surface area contributed by atoms with Gasteiger partial charge >= 0.3 is 0 Å². The van der Waals surface area contributed by atoms with E-state index in [1.807, 2.05) is 36.4 Å². The number of thioether (sulfide) groups is 2. The van der Waals surface area contributed by atoms with Crippen LogP contribution in [0.2, 0.25) is 0 Å². The zero-order chi connectivity index (χ0) is 16.1. The number of amides is 2. The predicted octanol–water partition coefficient (Wildman–Crippen LogP) is 2.25. The Morgan fingerprint density at radius 3 is 2.78 bits per heavy atom. The molecular formula is C16H16N2O3S2. The summed E-state index contributed by atoms with van der Waals surface area (Å²) in [6, 6.07) is 9.66. The number of carbonyl (C=O) groups excluding carboxylic acids is 2. The lowest BCUT2D eigenvalue weighted by Gasteiger charge is -2.26. The van der Waals surface area contributed by atoms with Crippen LogP contribution in [0.3, 0.4) is 0 Å². The number of morpholine rings is 1. The van der Waals surface area contributed by atoms with E-state index in [9.17, 15) is 9.59 Å². The second-order valence-corrected chi connectivity index (χ2v) is 7.24. The highest BCUT2D eigenvalue weighted by Crippen LogP contribution is 2.33. The Kier molecular flexibility index (Phi) is 5.53. The van der Waals surface area contributed by atoms with E-state index in [0.29, 0.717) is 41.3 Å². The topological polar surface area (TPSA) is 59.0 Å². The maximum Gasteiger partial charge on any atom is 0.285 e. The third-order valence-electron chi connectivity index (χ3n) is 3.38. The number of carbonyl (C=O) groups is 2. The first-order valence-electron chi connectivity index (χ1n) is 7.28. The molecular weight excluding hydrogens is 332 g/mol. The lowest BCUT2D eigenvalue weighted by Crippen LogP contribution is -2.41. The van der Waals surface area contributed by atoms with Gasteiger partial charge in [-0.2, -0.15) is 4.99 Å². The minimum absolute atomic E-state index is 0.0644.